The standard InChI is InChI=1S/C30H21F6N3O2/c1-4-17-25-23(14(3)12-37)20-10-15(40-29(31,32)33)6-8-18(20)27(25)28-19-9-7-16(41-30(34,35)36)11-21(19)24(26(17)28)22(13-38)39-5-2/h6-11,17,39H,4-5H2,1-3H3/b23-14+,24-22-. The molecule has 0 radical (unpaired) electrons. The minimum atomic E-state index is -4.93. The fourth-order valence-electron chi connectivity index (χ4n) is 6.00. The molecule has 2 aromatic carbocycles. The number of hydrogen-bond acceptors (Lipinski definition) is 5. The van der Waals surface area contributed by atoms with Gasteiger partial charge in [-0.05, 0) is 89.1 Å². The van der Waals surface area contributed by atoms with Crippen molar-refractivity contribution in [3.8, 4) is 23.6 Å². The van der Waals surface area contributed by atoms with Crippen LogP contribution in [0.1, 0.15) is 49.4 Å². The molecule has 5 rings (SSSR count). The molecule has 0 saturated carbocycles. The number of nitriles is 2. The van der Waals surface area contributed by atoms with E-state index >= 15 is 0 Å². The first-order valence-corrected chi connectivity index (χ1v) is 12.6. The van der Waals surface area contributed by atoms with Gasteiger partial charge in [-0.2, -0.15) is 10.5 Å². The number of nitrogens with zero attached hydrogens (tertiary/aromatic N) is 2. The Balaban J connectivity index is 1.81. The Morgan fingerprint density at radius 3 is 1.68 bits per heavy atom. The Labute approximate surface area is 231 Å². The van der Waals surface area contributed by atoms with Crippen molar-refractivity contribution < 1.29 is 35.8 Å². The van der Waals surface area contributed by atoms with Crippen molar-refractivity contribution in [1.82, 2.24) is 5.32 Å². The first-order chi connectivity index (χ1) is 19.3. The van der Waals surface area contributed by atoms with Crippen LogP contribution in [0.2, 0.25) is 0 Å². The molecule has 0 bridgehead atoms. The first kappa shape index (κ1) is 27.9. The molecular formula is C30H21F6N3O2. The molecule has 2 aromatic rings. The van der Waals surface area contributed by atoms with Gasteiger partial charge in [0.2, 0.25) is 0 Å². The van der Waals surface area contributed by atoms with Crippen LogP contribution in [0.25, 0.3) is 22.3 Å². The monoisotopic (exact) mass is 569 g/mol. The highest BCUT2D eigenvalue weighted by molar-refractivity contribution is 6.27. The van der Waals surface area contributed by atoms with E-state index in [9.17, 15) is 36.9 Å². The van der Waals surface area contributed by atoms with E-state index in [0.717, 1.165) is 5.57 Å². The minimum Gasteiger partial charge on any atom is -0.406 e. The van der Waals surface area contributed by atoms with Crippen LogP contribution < -0.4 is 14.8 Å². The lowest BCUT2D eigenvalue weighted by molar-refractivity contribution is -0.275. The van der Waals surface area contributed by atoms with Gasteiger partial charge < -0.3 is 14.8 Å². The second-order valence-corrected chi connectivity index (χ2v) is 9.55. The summed E-state index contributed by atoms with van der Waals surface area (Å²) in [4.78, 5) is 0. The maximum atomic E-state index is 13.1. The van der Waals surface area contributed by atoms with Crippen molar-refractivity contribution in [3.05, 3.63) is 81.1 Å². The molecule has 5 nitrogen and oxygen atoms in total. The van der Waals surface area contributed by atoms with E-state index in [1.165, 1.54) is 36.4 Å². The number of ether oxygens (including phenoxy) is 2. The molecule has 41 heavy (non-hydrogen) atoms. The van der Waals surface area contributed by atoms with Crippen molar-refractivity contribution in [2.45, 2.75) is 39.9 Å². The molecule has 0 heterocycles. The molecule has 1 N–H and O–H groups in total. The minimum absolute atomic E-state index is 0.166. The zero-order valence-electron chi connectivity index (χ0n) is 21.9. The number of rotatable bonds is 5. The lowest BCUT2D eigenvalue weighted by Gasteiger charge is -2.22. The first-order valence-electron chi connectivity index (χ1n) is 12.6. The van der Waals surface area contributed by atoms with Gasteiger partial charge in [-0.3, -0.25) is 0 Å². The summed E-state index contributed by atoms with van der Waals surface area (Å²) in [5.41, 5.74) is 5.99. The number of benzene rings is 2. The predicted molar refractivity (Wildman–Crippen MR) is 138 cm³/mol. The SMILES string of the molecule is CCN/C(C#N)=C1\C2=C(C3=C(/C(=C(\C)C#N)c4cc(OC(F)(F)F)ccc43)C2CC)c2ccc(OC(F)(F)F)cc21. The molecule has 210 valence electrons. The Kier molecular flexibility index (Phi) is 6.65. The van der Waals surface area contributed by atoms with E-state index in [4.69, 9.17) is 0 Å². The van der Waals surface area contributed by atoms with E-state index in [2.05, 4.69) is 26.9 Å². The second kappa shape index (κ2) is 9.77. The van der Waals surface area contributed by atoms with Gasteiger partial charge in [0.25, 0.3) is 0 Å². The summed E-state index contributed by atoms with van der Waals surface area (Å²) in [5.74, 6) is -1.30. The van der Waals surface area contributed by atoms with Crippen LogP contribution in [0.5, 0.6) is 11.5 Å². The number of hydrogen-bond donors (Lipinski definition) is 1. The van der Waals surface area contributed by atoms with Gasteiger partial charge in [0.1, 0.15) is 23.3 Å². The largest absolute Gasteiger partial charge is 0.573 e. The Morgan fingerprint density at radius 1 is 0.780 bits per heavy atom. The summed E-state index contributed by atoms with van der Waals surface area (Å²) in [6, 6.07) is 12.1. The summed E-state index contributed by atoms with van der Waals surface area (Å²) < 4.78 is 86.7. The average Bonchev–Trinajstić information content (AvgIpc) is 3.49. The van der Waals surface area contributed by atoms with Gasteiger partial charge in [-0.1, -0.05) is 19.1 Å². The summed E-state index contributed by atoms with van der Waals surface area (Å²) in [6.45, 7) is 5.62. The van der Waals surface area contributed by atoms with E-state index in [1.54, 1.807) is 13.8 Å². The fourth-order valence-corrected chi connectivity index (χ4v) is 6.00. The van der Waals surface area contributed by atoms with Gasteiger partial charge >= 0.3 is 12.7 Å². The van der Waals surface area contributed by atoms with Crippen molar-refractivity contribution in [2.75, 3.05) is 6.54 Å². The highest BCUT2D eigenvalue weighted by atomic mass is 19.4. The van der Waals surface area contributed by atoms with E-state index in [1.807, 2.05) is 6.92 Å². The lowest BCUT2D eigenvalue weighted by atomic mass is 9.82. The Bertz CT molecular complexity index is 1690. The maximum absolute atomic E-state index is 13.1. The third kappa shape index (κ3) is 4.61. The molecule has 0 fully saturated rings. The second-order valence-electron chi connectivity index (χ2n) is 9.55. The van der Waals surface area contributed by atoms with Crippen LogP contribution in [-0.4, -0.2) is 19.3 Å². The summed E-state index contributed by atoms with van der Waals surface area (Å²) in [7, 11) is 0. The number of alkyl halides is 6. The fraction of sp³-hybridized carbons (Fsp3) is 0.267. The van der Waals surface area contributed by atoms with Crippen LogP contribution in [-0.2, 0) is 0 Å². The van der Waals surface area contributed by atoms with E-state index in [-0.39, 0.29) is 11.3 Å². The molecular weight excluding hydrogens is 548 g/mol. The van der Waals surface area contributed by atoms with Crippen molar-refractivity contribution in [3.63, 3.8) is 0 Å². The molecule has 0 spiro atoms. The van der Waals surface area contributed by atoms with Gasteiger partial charge in [0.05, 0.1) is 6.07 Å². The smallest absolute Gasteiger partial charge is 0.406 e. The topological polar surface area (TPSA) is 78.1 Å². The quantitative estimate of drug-likeness (QED) is 0.293. The highest BCUT2D eigenvalue weighted by Crippen LogP contribution is 2.65. The zero-order chi connectivity index (χ0) is 29.9. The van der Waals surface area contributed by atoms with Crippen molar-refractivity contribution >= 4 is 22.3 Å². The average molecular weight is 570 g/mol. The Morgan fingerprint density at radius 2 is 1.27 bits per heavy atom. The molecule has 3 aliphatic carbocycles. The summed E-state index contributed by atoms with van der Waals surface area (Å²) in [5, 5.41) is 22.9. The molecule has 0 aromatic heterocycles. The van der Waals surface area contributed by atoms with Crippen LogP contribution >= 0.6 is 0 Å². The molecule has 3 aliphatic rings. The van der Waals surface area contributed by atoms with Crippen LogP contribution in [0.15, 0.2) is 58.8 Å². The highest BCUT2D eigenvalue weighted by Gasteiger charge is 2.47. The van der Waals surface area contributed by atoms with Gasteiger partial charge in [-0.15, -0.1) is 26.3 Å². The third-order valence-corrected chi connectivity index (χ3v) is 7.22. The molecule has 1 atom stereocenters. The van der Waals surface area contributed by atoms with E-state index in [0.29, 0.717) is 63.1 Å². The van der Waals surface area contributed by atoms with Gasteiger partial charge in [0.15, 0.2) is 0 Å². The number of halogens is 6. The normalized spacial score (nSPS) is 19.6. The summed E-state index contributed by atoms with van der Waals surface area (Å²) in [6.07, 6.45) is -9.36. The molecule has 0 amide bonds. The van der Waals surface area contributed by atoms with Gasteiger partial charge in [-0.25, -0.2) is 0 Å². The molecule has 11 heteroatoms. The zero-order valence-corrected chi connectivity index (χ0v) is 21.9. The van der Waals surface area contributed by atoms with Crippen LogP contribution in [0.3, 0.4) is 0 Å². The van der Waals surface area contributed by atoms with Gasteiger partial charge in [0, 0.05) is 29.2 Å². The number of allylic oxidation sites excluding steroid dienone is 8. The molecule has 1 unspecified atom stereocenters. The molecule has 0 aliphatic heterocycles. The maximum Gasteiger partial charge on any atom is 0.573 e. The number of nitrogens with one attached hydrogen (secondary N) is 1. The lowest BCUT2D eigenvalue weighted by Crippen LogP contribution is -2.17. The van der Waals surface area contributed by atoms with Crippen LogP contribution in [0.4, 0.5) is 26.3 Å². The van der Waals surface area contributed by atoms with Crippen molar-refractivity contribution in [2.24, 2.45) is 5.92 Å². The predicted octanol–water partition coefficient (Wildman–Crippen LogP) is 7.90. The van der Waals surface area contributed by atoms with Crippen LogP contribution in [0, 0.1) is 28.6 Å². The third-order valence-electron chi connectivity index (χ3n) is 7.22. The Hall–Kier alpha value is -4.64. The molecule has 0 saturated heterocycles. The van der Waals surface area contributed by atoms with Crippen molar-refractivity contribution in [1.29, 1.82) is 10.5 Å². The number of fused-ring (bicyclic) bond motifs is 5. The van der Waals surface area contributed by atoms with E-state index < -0.39 is 30.1 Å². The summed E-state index contributed by atoms with van der Waals surface area (Å²) >= 11 is 0.